The molecule has 110 valence electrons. The molecule has 0 fully saturated rings. The number of amides is 1. The summed E-state index contributed by atoms with van der Waals surface area (Å²) < 4.78 is 0. The van der Waals surface area contributed by atoms with Gasteiger partial charge in [0.1, 0.15) is 5.75 Å². The normalized spacial score (nSPS) is 13.4. The van der Waals surface area contributed by atoms with Gasteiger partial charge in [-0.15, -0.1) is 11.8 Å². The van der Waals surface area contributed by atoms with Gasteiger partial charge in [-0.05, 0) is 43.7 Å². The molecule has 0 saturated carbocycles. The Morgan fingerprint density at radius 3 is 2.48 bits per heavy atom. The zero-order chi connectivity index (χ0) is 15.2. The number of carbonyl (C=O) groups is 1. The van der Waals surface area contributed by atoms with Crippen LogP contribution < -0.4 is 5.32 Å². The molecule has 0 aromatic heterocycles. The molecule has 0 spiro atoms. The Morgan fingerprint density at radius 1 is 1.10 bits per heavy atom. The van der Waals surface area contributed by atoms with Crippen molar-refractivity contribution in [2.45, 2.75) is 30.0 Å². The van der Waals surface area contributed by atoms with Gasteiger partial charge in [0, 0.05) is 4.90 Å². The largest absolute Gasteiger partial charge is 0.508 e. The first kappa shape index (κ1) is 15.4. The maximum Gasteiger partial charge on any atom is 0.233 e. The molecule has 2 rings (SSSR count). The van der Waals surface area contributed by atoms with E-state index in [0.29, 0.717) is 0 Å². The summed E-state index contributed by atoms with van der Waals surface area (Å²) in [5, 5.41) is 12.3. The minimum Gasteiger partial charge on any atom is -0.508 e. The molecule has 2 aromatic carbocycles. The summed E-state index contributed by atoms with van der Waals surface area (Å²) in [6.45, 7) is 3.80. The second-order valence-corrected chi connectivity index (χ2v) is 6.31. The van der Waals surface area contributed by atoms with Crippen molar-refractivity contribution in [2.24, 2.45) is 0 Å². The van der Waals surface area contributed by atoms with E-state index in [0.717, 1.165) is 10.5 Å². The molecule has 21 heavy (non-hydrogen) atoms. The van der Waals surface area contributed by atoms with Crippen LogP contribution in [0.2, 0.25) is 0 Å². The van der Waals surface area contributed by atoms with E-state index in [9.17, 15) is 9.90 Å². The van der Waals surface area contributed by atoms with Crippen molar-refractivity contribution >= 4 is 17.7 Å². The Kier molecular flexibility index (Phi) is 5.28. The molecule has 1 unspecified atom stereocenters. The van der Waals surface area contributed by atoms with Gasteiger partial charge in [-0.2, -0.15) is 0 Å². The van der Waals surface area contributed by atoms with Gasteiger partial charge in [0.15, 0.2) is 0 Å². The summed E-state index contributed by atoms with van der Waals surface area (Å²) in [5.74, 6) is 0.194. The van der Waals surface area contributed by atoms with Crippen molar-refractivity contribution in [3.8, 4) is 5.75 Å². The summed E-state index contributed by atoms with van der Waals surface area (Å²) >= 11 is 1.53. The second kappa shape index (κ2) is 7.18. The molecule has 0 bridgehead atoms. The van der Waals surface area contributed by atoms with Crippen LogP contribution >= 0.6 is 11.8 Å². The molecule has 0 aliphatic carbocycles. The molecule has 2 aromatic rings. The summed E-state index contributed by atoms with van der Waals surface area (Å²) in [6, 6.07) is 16.7. The number of rotatable bonds is 5. The van der Waals surface area contributed by atoms with Crippen molar-refractivity contribution in [3.63, 3.8) is 0 Å². The van der Waals surface area contributed by atoms with Crippen LogP contribution in [-0.2, 0) is 4.79 Å². The minimum absolute atomic E-state index is 0.0142. The summed E-state index contributed by atoms with van der Waals surface area (Å²) in [6.07, 6.45) is 0. The topological polar surface area (TPSA) is 49.3 Å². The van der Waals surface area contributed by atoms with E-state index in [1.165, 1.54) is 11.8 Å². The number of thioether (sulfide) groups is 1. The SMILES string of the molecule is CC(Sc1ccccc1)C(=O)N[C@H](C)c1cccc(O)c1. The predicted molar refractivity (Wildman–Crippen MR) is 86.4 cm³/mol. The van der Waals surface area contributed by atoms with Crippen LogP contribution in [0.15, 0.2) is 59.5 Å². The average Bonchev–Trinajstić information content (AvgIpc) is 2.48. The highest BCUT2D eigenvalue weighted by molar-refractivity contribution is 8.00. The highest BCUT2D eigenvalue weighted by Crippen LogP contribution is 2.24. The molecule has 0 aliphatic heterocycles. The maximum atomic E-state index is 12.2. The van der Waals surface area contributed by atoms with Crippen molar-refractivity contribution < 1.29 is 9.90 Å². The number of hydrogen-bond donors (Lipinski definition) is 2. The van der Waals surface area contributed by atoms with E-state index in [-0.39, 0.29) is 22.9 Å². The fourth-order valence-corrected chi connectivity index (χ4v) is 2.86. The van der Waals surface area contributed by atoms with Gasteiger partial charge in [0.25, 0.3) is 0 Å². The molecule has 0 radical (unpaired) electrons. The van der Waals surface area contributed by atoms with Crippen LogP contribution in [0.5, 0.6) is 5.75 Å². The third-order valence-corrected chi connectivity index (χ3v) is 4.27. The first-order valence-corrected chi connectivity index (χ1v) is 7.75. The zero-order valence-corrected chi connectivity index (χ0v) is 12.9. The predicted octanol–water partition coefficient (Wildman–Crippen LogP) is 3.75. The highest BCUT2D eigenvalue weighted by atomic mass is 32.2. The van der Waals surface area contributed by atoms with E-state index in [1.54, 1.807) is 18.2 Å². The minimum atomic E-state index is -0.174. The average molecular weight is 301 g/mol. The molecule has 2 N–H and O–H groups in total. The first-order valence-electron chi connectivity index (χ1n) is 6.87. The Balaban J connectivity index is 1.94. The highest BCUT2D eigenvalue weighted by Gasteiger charge is 2.17. The summed E-state index contributed by atoms with van der Waals surface area (Å²) in [4.78, 5) is 13.3. The van der Waals surface area contributed by atoms with Crippen LogP contribution in [0.4, 0.5) is 0 Å². The standard InChI is InChI=1S/C17H19NO2S/c1-12(14-7-6-8-15(19)11-14)18-17(20)13(2)21-16-9-4-3-5-10-16/h3-13,19H,1-2H3,(H,18,20)/t12-,13?/m1/s1. The van der Waals surface area contributed by atoms with E-state index in [4.69, 9.17) is 0 Å². The summed E-state index contributed by atoms with van der Waals surface area (Å²) in [7, 11) is 0. The van der Waals surface area contributed by atoms with Crippen LogP contribution in [-0.4, -0.2) is 16.3 Å². The van der Waals surface area contributed by atoms with Crippen molar-refractivity contribution in [2.75, 3.05) is 0 Å². The molecule has 0 saturated heterocycles. The van der Waals surface area contributed by atoms with Crippen LogP contribution in [0.25, 0.3) is 0 Å². The lowest BCUT2D eigenvalue weighted by Crippen LogP contribution is -2.33. The monoisotopic (exact) mass is 301 g/mol. The maximum absolute atomic E-state index is 12.2. The second-order valence-electron chi connectivity index (χ2n) is 4.90. The quantitative estimate of drug-likeness (QED) is 0.827. The van der Waals surface area contributed by atoms with Gasteiger partial charge < -0.3 is 10.4 Å². The summed E-state index contributed by atoms with van der Waals surface area (Å²) in [5.41, 5.74) is 0.889. The first-order chi connectivity index (χ1) is 10.1. The van der Waals surface area contributed by atoms with E-state index in [1.807, 2.05) is 50.2 Å². The number of phenols is 1. The Hall–Kier alpha value is -1.94. The van der Waals surface area contributed by atoms with Gasteiger partial charge in [-0.1, -0.05) is 30.3 Å². The third kappa shape index (κ3) is 4.53. The molecule has 1 amide bonds. The van der Waals surface area contributed by atoms with E-state index in [2.05, 4.69) is 5.32 Å². The number of nitrogens with one attached hydrogen (secondary N) is 1. The van der Waals surface area contributed by atoms with E-state index >= 15 is 0 Å². The van der Waals surface area contributed by atoms with Crippen molar-refractivity contribution in [1.29, 1.82) is 0 Å². The fourth-order valence-electron chi connectivity index (χ4n) is 1.96. The molecule has 4 heteroatoms. The molecule has 2 atom stereocenters. The molecule has 0 heterocycles. The van der Waals surface area contributed by atoms with Crippen molar-refractivity contribution in [3.05, 3.63) is 60.2 Å². The lowest BCUT2D eigenvalue weighted by molar-refractivity contribution is -0.120. The lowest BCUT2D eigenvalue weighted by atomic mass is 10.1. The number of phenolic OH excluding ortho intramolecular Hbond substituents is 1. The number of hydrogen-bond acceptors (Lipinski definition) is 3. The Bertz CT molecular complexity index is 601. The smallest absolute Gasteiger partial charge is 0.233 e. The fraction of sp³-hybridized carbons (Fsp3) is 0.235. The van der Waals surface area contributed by atoms with Gasteiger partial charge in [0.2, 0.25) is 5.91 Å². The van der Waals surface area contributed by atoms with Gasteiger partial charge in [-0.25, -0.2) is 0 Å². The third-order valence-electron chi connectivity index (χ3n) is 3.15. The van der Waals surface area contributed by atoms with Crippen LogP contribution in [0.3, 0.4) is 0 Å². The molecular formula is C17H19NO2S. The van der Waals surface area contributed by atoms with Crippen LogP contribution in [0, 0.1) is 0 Å². The van der Waals surface area contributed by atoms with E-state index < -0.39 is 0 Å². The van der Waals surface area contributed by atoms with Gasteiger partial charge >= 0.3 is 0 Å². The lowest BCUT2D eigenvalue weighted by Gasteiger charge is -2.18. The molecule has 3 nitrogen and oxygen atoms in total. The zero-order valence-electron chi connectivity index (χ0n) is 12.1. The van der Waals surface area contributed by atoms with Crippen molar-refractivity contribution in [1.82, 2.24) is 5.32 Å². The van der Waals surface area contributed by atoms with Gasteiger partial charge in [0.05, 0.1) is 11.3 Å². The Morgan fingerprint density at radius 2 is 1.81 bits per heavy atom. The van der Waals surface area contributed by atoms with Gasteiger partial charge in [-0.3, -0.25) is 4.79 Å². The molecule has 0 aliphatic rings. The number of aromatic hydroxyl groups is 1. The molecular weight excluding hydrogens is 282 g/mol. The van der Waals surface area contributed by atoms with Crippen LogP contribution in [0.1, 0.15) is 25.5 Å². The Labute approximate surface area is 129 Å². The number of carbonyl (C=O) groups excluding carboxylic acids is 1. The number of benzene rings is 2.